The van der Waals surface area contributed by atoms with Crippen molar-refractivity contribution >= 4 is 33.8 Å². The van der Waals surface area contributed by atoms with Crippen molar-refractivity contribution in [3.8, 4) is 0 Å². The molecular weight excluding hydrogens is 332 g/mol. The molecule has 0 aliphatic carbocycles. The smallest absolute Gasteiger partial charge is 0.214 e. The van der Waals surface area contributed by atoms with Crippen molar-refractivity contribution in [1.82, 2.24) is 14.9 Å². The normalized spacial score (nSPS) is 11.8. The molecule has 0 bridgehead atoms. The molecule has 1 heterocycles. The number of aryl methyl sites for hydroxylation is 1. The summed E-state index contributed by atoms with van der Waals surface area (Å²) in [6.07, 6.45) is 4.69. The highest BCUT2D eigenvalue weighted by atomic mass is 33.1. The molecule has 1 amide bonds. The zero-order valence-electron chi connectivity index (χ0n) is 13.4. The first-order valence-corrected chi connectivity index (χ1v) is 9.36. The number of nitrogens with zero attached hydrogens (tertiary/aromatic N) is 3. The maximum Gasteiger partial charge on any atom is 0.214 e. The van der Waals surface area contributed by atoms with E-state index >= 15 is 0 Å². The Morgan fingerprint density at radius 3 is 2.87 bits per heavy atom. The highest BCUT2D eigenvalue weighted by molar-refractivity contribution is 8.78. The van der Waals surface area contributed by atoms with Crippen molar-refractivity contribution in [3.05, 3.63) is 40.8 Å². The molecule has 0 fully saturated rings. The van der Waals surface area contributed by atoms with E-state index in [1.165, 1.54) is 0 Å². The molecule has 23 heavy (non-hydrogen) atoms. The number of amides is 1. The number of allylic oxidation sites excluding steroid dienone is 1. The van der Waals surface area contributed by atoms with Gasteiger partial charge in [-0.05, 0) is 13.8 Å². The minimum absolute atomic E-state index is 0.0246. The van der Waals surface area contributed by atoms with Crippen LogP contribution in [0.15, 0.2) is 29.5 Å². The largest absolute Gasteiger partial charge is 0.396 e. The number of hydrogen-bond acceptors (Lipinski definition) is 7. The molecule has 8 heteroatoms. The van der Waals surface area contributed by atoms with Crippen LogP contribution in [0.5, 0.6) is 0 Å². The van der Waals surface area contributed by atoms with Crippen LogP contribution in [0, 0.1) is 6.92 Å². The summed E-state index contributed by atoms with van der Waals surface area (Å²) in [7, 11) is 3.15. The number of rotatable bonds is 10. The van der Waals surface area contributed by atoms with Crippen LogP contribution >= 0.6 is 21.6 Å². The third-order valence-electron chi connectivity index (χ3n) is 3.01. The average molecular weight is 355 g/mol. The molecule has 1 rings (SSSR count). The van der Waals surface area contributed by atoms with Gasteiger partial charge in [-0.1, -0.05) is 27.7 Å². The number of nitrogens with two attached hydrogens (primary N) is 1. The first kappa shape index (κ1) is 19.5. The zero-order valence-corrected chi connectivity index (χ0v) is 15.0. The topological polar surface area (TPSA) is 92.3 Å². The third-order valence-corrected chi connectivity index (χ3v) is 5.56. The summed E-state index contributed by atoms with van der Waals surface area (Å²) in [6, 6.07) is 0. The van der Waals surface area contributed by atoms with Crippen LogP contribution in [-0.4, -0.2) is 38.7 Å². The fourth-order valence-electron chi connectivity index (χ4n) is 1.75. The number of carbonyl (C=O) groups excluding carboxylic acids is 1. The van der Waals surface area contributed by atoms with E-state index in [0.29, 0.717) is 30.2 Å². The predicted molar refractivity (Wildman–Crippen MR) is 97.4 cm³/mol. The molecule has 0 unspecified atom stereocenters. The van der Waals surface area contributed by atoms with Gasteiger partial charge in [-0.2, -0.15) is 0 Å². The third kappa shape index (κ3) is 6.25. The second-order valence-corrected chi connectivity index (χ2v) is 7.14. The maximum absolute atomic E-state index is 11.5. The molecule has 0 atom stereocenters. The van der Waals surface area contributed by atoms with Gasteiger partial charge in [0.15, 0.2) is 0 Å². The number of anilines is 1. The summed E-state index contributed by atoms with van der Waals surface area (Å²) >= 11 is 0. The van der Waals surface area contributed by atoms with Crippen LogP contribution < -0.4 is 5.73 Å². The number of aliphatic hydroxyl groups is 1. The number of aliphatic hydroxyl groups excluding tert-OH is 1. The van der Waals surface area contributed by atoms with E-state index in [-0.39, 0.29) is 6.61 Å². The molecule has 0 aliphatic rings. The summed E-state index contributed by atoms with van der Waals surface area (Å²) < 4.78 is 0. The van der Waals surface area contributed by atoms with Gasteiger partial charge in [0.1, 0.15) is 11.6 Å². The second kappa shape index (κ2) is 10.3. The van der Waals surface area contributed by atoms with Crippen LogP contribution in [-0.2, 0) is 11.3 Å². The lowest BCUT2D eigenvalue weighted by Gasteiger charge is -2.22. The average Bonchev–Trinajstić information content (AvgIpc) is 2.53. The molecule has 0 aromatic carbocycles. The molecule has 1 aromatic rings. The van der Waals surface area contributed by atoms with E-state index in [2.05, 4.69) is 16.5 Å². The molecule has 0 saturated carbocycles. The van der Waals surface area contributed by atoms with Gasteiger partial charge >= 0.3 is 0 Å². The molecule has 126 valence electrons. The first-order valence-electron chi connectivity index (χ1n) is 7.04. The molecule has 6 nitrogen and oxygen atoms in total. The predicted octanol–water partition coefficient (Wildman–Crippen LogP) is 2.51. The van der Waals surface area contributed by atoms with Crippen molar-refractivity contribution in [2.45, 2.75) is 26.8 Å². The van der Waals surface area contributed by atoms with E-state index in [4.69, 9.17) is 5.73 Å². The number of hydrogen-bond donors (Lipinski definition) is 2. The van der Waals surface area contributed by atoms with Crippen molar-refractivity contribution < 1.29 is 9.90 Å². The zero-order chi connectivity index (χ0) is 17.2. The van der Waals surface area contributed by atoms with Gasteiger partial charge in [0, 0.05) is 41.1 Å². The van der Waals surface area contributed by atoms with E-state index in [1.807, 2.05) is 13.0 Å². The molecule has 0 saturated heterocycles. The molecule has 0 aliphatic heterocycles. The van der Waals surface area contributed by atoms with Gasteiger partial charge in [-0.3, -0.25) is 4.79 Å². The fraction of sp³-hybridized carbons (Fsp3) is 0.400. The molecule has 3 N–H and O–H groups in total. The van der Waals surface area contributed by atoms with Gasteiger partial charge in [-0.15, -0.1) is 6.58 Å². The first-order chi connectivity index (χ1) is 11.0. The number of nitrogen functional groups attached to an aromatic ring is 1. The van der Waals surface area contributed by atoms with Gasteiger partial charge in [0.05, 0.1) is 6.54 Å². The SMILES string of the molecule is C=CCSS/C(CCO)=C(\C)N(C=O)Cc1cnc(C)nc1N. The standard InChI is InChI=1S/C15H22N4O2S2/c1-4-7-22-23-14(5-6-20)11(2)19(10-21)9-13-8-17-12(3)18-15(13)16/h4,8,10,20H,1,5-7,9H2,2-3H3,(H2,16,17,18)/b14-11+. The number of carbonyl (C=O) groups is 1. The van der Waals surface area contributed by atoms with Crippen molar-refractivity contribution in [1.29, 1.82) is 0 Å². The fourth-order valence-corrected chi connectivity index (χ4v) is 4.00. The minimum atomic E-state index is 0.0246. The lowest BCUT2D eigenvalue weighted by Crippen LogP contribution is -2.21. The number of aromatic nitrogens is 2. The monoisotopic (exact) mass is 354 g/mol. The van der Waals surface area contributed by atoms with Gasteiger partial charge in [-0.25, -0.2) is 9.97 Å². The Hall–Kier alpha value is -1.51. The maximum atomic E-state index is 11.5. The van der Waals surface area contributed by atoms with E-state index < -0.39 is 0 Å². The van der Waals surface area contributed by atoms with Crippen LogP contribution in [0.1, 0.15) is 24.7 Å². The summed E-state index contributed by atoms with van der Waals surface area (Å²) in [6.45, 7) is 7.61. The molecule has 1 aromatic heterocycles. The van der Waals surface area contributed by atoms with Crippen molar-refractivity contribution in [2.75, 3.05) is 18.1 Å². The van der Waals surface area contributed by atoms with E-state index in [9.17, 15) is 9.90 Å². The van der Waals surface area contributed by atoms with Crippen molar-refractivity contribution in [3.63, 3.8) is 0 Å². The Bertz CT molecular complexity index is 579. The highest BCUT2D eigenvalue weighted by Crippen LogP contribution is 2.35. The van der Waals surface area contributed by atoms with E-state index in [0.717, 1.165) is 22.8 Å². The molecule has 0 radical (unpaired) electrons. The quantitative estimate of drug-likeness (QED) is 0.289. The van der Waals surface area contributed by atoms with Crippen LogP contribution in [0.2, 0.25) is 0 Å². The Balaban J connectivity index is 2.96. The minimum Gasteiger partial charge on any atom is -0.396 e. The van der Waals surface area contributed by atoms with Gasteiger partial charge in [0.2, 0.25) is 6.41 Å². The Kier molecular flexibility index (Phi) is 8.75. The Labute approximate surface area is 144 Å². The van der Waals surface area contributed by atoms with Crippen LogP contribution in [0.4, 0.5) is 5.82 Å². The summed E-state index contributed by atoms with van der Waals surface area (Å²) in [4.78, 5) is 22.2. The van der Waals surface area contributed by atoms with Crippen LogP contribution in [0.25, 0.3) is 0 Å². The van der Waals surface area contributed by atoms with Gasteiger partial charge < -0.3 is 15.7 Å². The van der Waals surface area contributed by atoms with Crippen molar-refractivity contribution in [2.24, 2.45) is 0 Å². The molecule has 0 spiro atoms. The summed E-state index contributed by atoms with van der Waals surface area (Å²) in [5.41, 5.74) is 7.36. The van der Waals surface area contributed by atoms with Gasteiger partial charge in [0.25, 0.3) is 0 Å². The molecular formula is C15H22N4O2S2. The summed E-state index contributed by atoms with van der Waals surface area (Å²) in [5.74, 6) is 1.75. The second-order valence-electron chi connectivity index (χ2n) is 4.70. The van der Waals surface area contributed by atoms with Crippen LogP contribution in [0.3, 0.4) is 0 Å². The summed E-state index contributed by atoms with van der Waals surface area (Å²) in [5, 5.41) is 9.24. The Morgan fingerprint density at radius 1 is 1.57 bits per heavy atom. The van der Waals surface area contributed by atoms with E-state index in [1.54, 1.807) is 39.6 Å². The lowest BCUT2D eigenvalue weighted by molar-refractivity contribution is -0.116. The lowest BCUT2D eigenvalue weighted by atomic mass is 10.2. The highest BCUT2D eigenvalue weighted by Gasteiger charge is 2.14. The Morgan fingerprint density at radius 2 is 2.30 bits per heavy atom.